The van der Waals surface area contributed by atoms with Crippen LogP contribution >= 0.6 is 11.6 Å². The van der Waals surface area contributed by atoms with Crippen LogP contribution in [-0.2, 0) is 4.84 Å². The van der Waals surface area contributed by atoms with Crippen molar-refractivity contribution in [2.24, 2.45) is 5.90 Å². The smallest absolute Gasteiger partial charge is 0.0745 e. The maximum absolute atomic E-state index is 5.90. The highest BCUT2D eigenvalue weighted by molar-refractivity contribution is 6.31. The number of nitrogens with zero attached hydrogens (tertiary/aromatic N) is 1. The van der Waals surface area contributed by atoms with Crippen LogP contribution in [0.5, 0.6) is 0 Å². The van der Waals surface area contributed by atoms with Gasteiger partial charge >= 0.3 is 0 Å². The third-order valence-electron chi connectivity index (χ3n) is 1.68. The monoisotopic (exact) mass is 186 g/mol. The lowest BCUT2D eigenvalue weighted by Crippen LogP contribution is -2.08. The van der Waals surface area contributed by atoms with Crippen molar-refractivity contribution in [2.45, 2.75) is 12.8 Å². The highest BCUT2D eigenvalue weighted by atomic mass is 35.5. The van der Waals surface area contributed by atoms with E-state index in [-0.39, 0.29) is 5.92 Å². The second kappa shape index (κ2) is 4.40. The zero-order valence-corrected chi connectivity index (χ0v) is 7.58. The van der Waals surface area contributed by atoms with Crippen molar-refractivity contribution in [1.29, 1.82) is 0 Å². The number of aromatic nitrogens is 1. The Bertz CT molecular complexity index is 255. The van der Waals surface area contributed by atoms with Crippen molar-refractivity contribution in [3.05, 3.63) is 29.0 Å². The quantitative estimate of drug-likeness (QED) is 0.732. The van der Waals surface area contributed by atoms with Crippen LogP contribution in [0.1, 0.15) is 18.4 Å². The van der Waals surface area contributed by atoms with Crippen molar-refractivity contribution >= 4 is 11.6 Å². The summed E-state index contributed by atoms with van der Waals surface area (Å²) in [7, 11) is 0. The maximum Gasteiger partial charge on any atom is 0.0745 e. The van der Waals surface area contributed by atoms with Gasteiger partial charge in [-0.15, -0.1) is 0 Å². The first-order valence-corrected chi connectivity index (χ1v) is 4.04. The Morgan fingerprint density at radius 3 is 3.08 bits per heavy atom. The van der Waals surface area contributed by atoms with Gasteiger partial charge in [-0.2, -0.15) is 0 Å². The van der Waals surface area contributed by atoms with Gasteiger partial charge in [0.2, 0.25) is 0 Å². The van der Waals surface area contributed by atoms with Gasteiger partial charge in [-0.1, -0.05) is 18.5 Å². The minimum atomic E-state index is 0.200. The van der Waals surface area contributed by atoms with Gasteiger partial charge < -0.3 is 4.84 Å². The summed E-state index contributed by atoms with van der Waals surface area (Å²) in [6.07, 6.45) is 3.32. The molecule has 2 N–H and O–H groups in total. The number of hydrogen-bond donors (Lipinski definition) is 1. The molecule has 1 unspecified atom stereocenters. The highest BCUT2D eigenvalue weighted by Gasteiger charge is 2.08. The molecule has 0 amide bonds. The molecule has 12 heavy (non-hydrogen) atoms. The first-order valence-electron chi connectivity index (χ1n) is 3.66. The summed E-state index contributed by atoms with van der Waals surface area (Å²) in [5.41, 5.74) is 1.01. The van der Waals surface area contributed by atoms with E-state index in [0.717, 1.165) is 5.56 Å². The molecule has 1 heterocycles. The Labute approximate surface area is 76.5 Å². The Hall–Kier alpha value is -0.640. The molecule has 0 aliphatic heterocycles. The third kappa shape index (κ3) is 2.17. The number of rotatable bonds is 3. The molecule has 1 aromatic heterocycles. The topological polar surface area (TPSA) is 48.1 Å². The zero-order chi connectivity index (χ0) is 8.97. The van der Waals surface area contributed by atoms with E-state index in [4.69, 9.17) is 17.5 Å². The molecule has 0 bridgehead atoms. The van der Waals surface area contributed by atoms with Crippen LogP contribution in [0, 0.1) is 0 Å². The van der Waals surface area contributed by atoms with E-state index in [1.165, 1.54) is 0 Å². The van der Waals surface area contributed by atoms with Crippen LogP contribution in [0.25, 0.3) is 0 Å². The van der Waals surface area contributed by atoms with Crippen molar-refractivity contribution in [2.75, 3.05) is 6.61 Å². The standard InChI is InChI=1S/C8H11ClN2O/c1-6(5-12-10)7-2-3-11-4-8(7)9/h2-4,6H,5,10H2,1H3. The number of halogens is 1. The summed E-state index contributed by atoms with van der Waals surface area (Å²) >= 11 is 5.90. The summed E-state index contributed by atoms with van der Waals surface area (Å²) in [6.45, 7) is 2.46. The molecular formula is C8H11ClN2O. The van der Waals surface area contributed by atoms with E-state index >= 15 is 0 Å². The van der Waals surface area contributed by atoms with Gasteiger partial charge in [0.05, 0.1) is 11.6 Å². The fourth-order valence-electron chi connectivity index (χ4n) is 1.02. The molecule has 0 fully saturated rings. The van der Waals surface area contributed by atoms with Crippen LogP contribution in [-0.4, -0.2) is 11.6 Å². The average Bonchev–Trinajstić information content (AvgIpc) is 2.05. The van der Waals surface area contributed by atoms with Crippen LogP contribution in [0.4, 0.5) is 0 Å². The first-order chi connectivity index (χ1) is 5.75. The lowest BCUT2D eigenvalue weighted by molar-refractivity contribution is 0.126. The Morgan fingerprint density at radius 1 is 1.75 bits per heavy atom. The van der Waals surface area contributed by atoms with Crippen LogP contribution in [0.2, 0.25) is 5.02 Å². The Kier molecular flexibility index (Phi) is 3.47. The lowest BCUT2D eigenvalue weighted by Gasteiger charge is -2.10. The average molecular weight is 187 g/mol. The van der Waals surface area contributed by atoms with Crippen LogP contribution in [0.15, 0.2) is 18.5 Å². The molecule has 1 rings (SSSR count). The van der Waals surface area contributed by atoms with Crippen LogP contribution < -0.4 is 5.90 Å². The third-order valence-corrected chi connectivity index (χ3v) is 2.00. The Balaban J connectivity index is 2.79. The van der Waals surface area contributed by atoms with Crippen LogP contribution in [0.3, 0.4) is 0 Å². The van der Waals surface area contributed by atoms with E-state index in [1.807, 2.05) is 13.0 Å². The van der Waals surface area contributed by atoms with E-state index < -0.39 is 0 Å². The largest absolute Gasteiger partial charge is 0.304 e. The molecule has 4 heteroatoms. The molecule has 0 spiro atoms. The predicted octanol–water partition coefficient (Wildman–Crippen LogP) is 1.73. The summed E-state index contributed by atoms with van der Waals surface area (Å²) in [4.78, 5) is 8.42. The molecule has 0 radical (unpaired) electrons. The normalized spacial score (nSPS) is 12.9. The second-order valence-corrected chi connectivity index (χ2v) is 3.04. The van der Waals surface area contributed by atoms with E-state index in [0.29, 0.717) is 11.6 Å². The SMILES string of the molecule is CC(CON)c1ccncc1Cl. The van der Waals surface area contributed by atoms with E-state index in [9.17, 15) is 0 Å². The highest BCUT2D eigenvalue weighted by Crippen LogP contribution is 2.22. The van der Waals surface area contributed by atoms with Gasteiger partial charge in [0, 0.05) is 18.3 Å². The molecule has 0 saturated heterocycles. The minimum absolute atomic E-state index is 0.200. The van der Waals surface area contributed by atoms with Crippen molar-refractivity contribution in [1.82, 2.24) is 4.98 Å². The summed E-state index contributed by atoms with van der Waals surface area (Å²) in [5, 5.41) is 0.655. The fourth-order valence-corrected chi connectivity index (χ4v) is 1.33. The molecule has 1 atom stereocenters. The molecular weight excluding hydrogens is 176 g/mol. The predicted molar refractivity (Wildman–Crippen MR) is 47.8 cm³/mol. The summed E-state index contributed by atoms with van der Waals surface area (Å²) < 4.78 is 0. The lowest BCUT2D eigenvalue weighted by atomic mass is 10.0. The molecule has 3 nitrogen and oxygen atoms in total. The van der Waals surface area contributed by atoms with Gasteiger partial charge in [-0.25, -0.2) is 5.90 Å². The van der Waals surface area contributed by atoms with Gasteiger partial charge in [0.15, 0.2) is 0 Å². The molecule has 0 aromatic carbocycles. The van der Waals surface area contributed by atoms with Gasteiger partial charge in [-0.3, -0.25) is 4.98 Å². The zero-order valence-electron chi connectivity index (χ0n) is 6.83. The van der Waals surface area contributed by atoms with Crippen molar-refractivity contribution < 1.29 is 4.84 Å². The van der Waals surface area contributed by atoms with Crippen molar-refractivity contribution in [3.8, 4) is 0 Å². The second-order valence-electron chi connectivity index (χ2n) is 2.63. The van der Waals surface area contributed by atoms with Crippen molar-refractivity contribution in [3.63, 3.8) is 0 Å². The summed E-state index contributed by atoms with van der Waals surface area (Å²) in [5.74, 6) is 5.16. The molecule has 0 aliphatic rings. The van der Waals surface area contributed by atoms with Gasteiger partial charge in [0.25, 0.3) is 0 Å². The number of pyridine rings is 1. The van der Waals surface area contributed by atoms with E-state index in [1.54, 1.807) is 12.4 Å². The summed E-state index contributed by atoms with van der Waals surface area (Å²) in [6, 6.07) is 1.87. The minimum Gasteiger partial charge on any atom is -0.304 e. The Morgan fingerprint density at radius 2 is 2.50 bits per heavy atom. The molecule has 0 saturated carbocycles. The number of nitrogens with two attached hydrogens (primary N) is 1. The molecule has 0 aliphatic carbocycles. The van der Waals surface area contributed by atoms with E-state index in [2.05, 4.69) is 9.82 Å². The maximum atomic E-state index is 5.90. The number of hydrogen-bond acceptors (Lipinski definition) is 3. The first kappa shape index (κ1) is 9.45. The van der Waals surface area contributed by atoms with Gasteiger partial charge in [0.1, 0.15) is 0 Å². The molecule has 1 aromatic rings. The molecule has 66 valence electrons. The fraction of sp³-hybridized carbons (Fsp3) is 0.375. The van der Waals surface area contributed by atoms with Gasteiger partial charge in [-0.05, 0) is 11.6 Å².